The maximum absolute atomic E-state index is 5.64. The maximum Gasteiger partial charge on any atom is 0.231 e. The SMILES string of the molecule is NCCCCn1c(-c2ccccc2)nc2cc3c(cc21)OCO3. The molecular weight excluding hydrogens is 290 g/mol. The zero-order valence-electron chi connectivity index (χ0n) is 12.9. The van der Waals surface area contributed by atoms with E-state index in [2.05, 4.69) is 16.7 Å². The van der Waals surface area contributed by atoms with Gasteiger partial charge in [0, 0.05) is 24.2 Å². The summed E-state index contributed by atoms with van der Waals surface area (Å²) in [6.45, 7) is 1.87. The Labute approximate surface area is 134 Å². The lowest BCUT2D eigenvalue weighted by molar-refractivity contribution is 0.174. The number of nitrogens with two attached hydrogens (primary N) is 1. The lowest BCUT2D eigenvalue weighted by atomic mass is 10.2. The van der Waals surface area contributed by atoms with Gasteiger partial charge in [-0.05, 0) is 19.4 Å². The van der Waals surface area contributed by atoms with Gasteiger partial charge in [-0.2, -0.15) is 0 Å². The van der Waals surface area contributed by atoms with Crippen molar-refractivity contribution in [3.8, 4) is 22.9 Å². The molecule has 1 aliphatic heterocycles. The molecule has 2 heterocycles. The number of ether oxygens (including phenoxy) is 2. The Bertz CT molecular complexity index is 827. The molecule has 5 heteroatoms. The van der Waals surface area contributed by atoms with E-state index in [0.29, 0.717) is 6.54 Å². The predicted molar refractivity (Wildman–Crippen MR) is 89.6 cm³/mol. The molecule has 1 aliphatic rings. The quantitative estimate of drug-likeness (QED) is 0.735. The molecule has 0 saturated heterocycles. The summed E-state index contributed by atoms with van der Waals surface area (Å²) in [5.41, 5.74) is 8.76. The fourth-order valence-corrected chi connectivity index (χ4v) is 2.96. The lowest BCUT2D eigenvalue weighted by Gasteiger charge is -2.09. The van der Waals surface area contributed by atoms with Gasteiger partial charge in [-0.15, -0.1) is 0 Å². The zero-order valence-corrected chi connectivity index (χ0v) is 12.9. The van der Waals surface area contributed by atoms with E-state index in [4.69, 9.17) is 20.2 Å². The molecule has 4 rings (SSSR count). The highest BCUT2D eigenvalue weighted by Crippen LogP contribution is 2.37. The monoisotopic (exact) mass is 309 g/mol. The number of unbranched alkanes of at least 4 members (excludes halogenated alkanes) is 1. The number of hydrogen-bond acceptors (Lipinski definition) is 4. The highest BCUT2D eigenvalue weighted by molar-refractivity contribution is 5.84. The number of aromatic nitrogens is 2. The number of benzene rings is 2. The second-order valence-corrected chi connectivity index (χ2v) is 5.64. The van der Waals surface area contributed by atoms with Crippen LogP contribution in [0.2, 0.25) is 0 Å². The first-order valence-corrected chi connectivity index (χ1v) is 7.92. The second kappa shape index (κ2) is 5.93. The van der Waals surface area contributed by atoms with Crippen LogP contribution in [0.25, 0.3) is 22.4 Å². The van der Waals surface area contributed by atoms with Crippen LogP contribution in [0.3, 0.4) is 0 Å². The molecule has 0 bridgehead atoms. The van der Waals surface area contributed by atoms with E-state index in [9.17, 15) is 0 Å². The van der Waals surface area contributed by atoms with Gasteiger partial charge in [0.2, 0.25) is 6.79 Å². The third-order valence-electron chi connectivity index (χ3n) is 4.11. The van der Waals surface area contributed by atoms with Gasteiger partial charge in [-0.1, -0.05) is 30.3 Å². The van der Waals surface area contributed by atoms with Gasteiger partial charge in [0.1, 0.15) is 5.82 Å². The maximum atomic E-state index is 5.64. The largest absolute Gasteiger partial charge is 0.454 e. The molecule has 0 aliphatic carbocycles. The van der Waals surface area contributed by atoms with E-state index in [-0.39, 0.29) is 6.79 Å². The van der Waals surface area contributed by atoms with Gasteiger partial charge >= 0.3 is 0 Å². The summed E-state index contributed by atoms with van der Waals surface area (Å²) < 4.78 is 13.2. The predicted octanol–water partition coefficient (Wildman–Crippen LogP) is 3.17. The number of aryl methyl sites for hydroxylation is 1. The smallest absolute Gasteiger partial charge is 0.231 e. The third kappa shape index (κ3) is 2.53. The number of imidazole rings is 1. The average molecular weight is 309 g/mol. The number of fused-ring (bicyclic) bond motifs is 2. The first kappa shape index (κ1) is 14.1. The van der Waals surface area contributed by atoms with Gasteiger partial charge in [-0.25, -0.2) is 4.98 Å². The Hall–Kier alpha value is -2.53. The van der Waals surface area contributed by atoms with Crippen molar-refractivity contribution in [1.29, 1.82) is 0 Å². The second-order valence-electron chi connectivity index (χ2n) is 5.64. The number of nitrogens with zero attached hydrogens (tertiary/aromatic N) is 2. The Morgan fingerprint density at radius 1 is 1.04 bits per heavy atom. The number of rotatable bonds is 5. The molecule has 23 heavy (non-hydrogen) atoms. The topological polar surface area (TPSA) is 62.3 Å². The molecule has 0 amide bonds. The van der Waals surface area contributed by atoms with Crippen molar-refractivity contribution in [1.82, 2.24) is 9.55 Å². The van der Waals surface area contributed by atoms with Gasteiger partial charge < -0.3 is 19.8 Å². The first-order chi connectivity index (χ1) is 11.4. The minimum absolute atomic E-state index is 0.278. The van der Waals surface area contributed by atoms with Crippen LogP contribution in [0.4, 0.5) is 0 Å². The molecule has 0 fully saturated rings. The third-order valence-corrected chi connectivity index (χ3v) is 4.11. The van der Waals surface area contributed by atoms with Crippen LogP contribution >= 0.6 is 0 Å². The van der Waals surface area contributed by atoms with Crippen LogP contribution in [0.5, 0.6) is 11.5 Å². The molecule has 118 valence electrons. The summed E-state index contributed by atoms with van der Waals surface area (Å²) in [6.07, 6.45) is 2.02. The minimum atomic E-state index is 0.278. The summed E-state index contributed by atoms with van der Waals surface area (Å²) in [5, 5.41) is 0. The van der Waals surface area contributed by atoms with Crippen LogP contribution in [0.1, 0.15) is 12.8 Å². The molecule has 0 saturated carbocycles. The van der Waals surface area contributed by atoms with Crippen molar-refractivity contribution in [2.75, 3.05) is 13.3 Å². The summed E-state index contributed by atoms with van der Waals surface area (Å²) in [4.78, 5) is 4.84. The van der Waals surface area contributed by atoms with E-state index in [1.807, 2.05) is 30.3 Å². The Morgan fingerprint density at radius 3 is 2.61 bits per heavy atom. The number of hydrogen-bond donors (Lipinski definition) is 1. The van der Waals surface area contributed by atoms with Crippen molar-refractivity contribution >= 4 is 11.0 Å². The molecule has 0 atom stereocenters. The molecule has 0 radical (unpaired) electrons. The van der Waals surface area contributed by atoms with Gasteiger partial charge in [0.05, 0.1) is 11.0 Å². The van der Waals surface area contributed by atoms with Gasteiger partial charge in [-0.3, -0.25) is 0 Å². The standard InChI is InChI=1S/C18H19N3O2/c19-8-4-5-9-21-15-11-17-16(22-12-23-17)10-14(15)20-18(21)13-6-2-1-3-7-13/h1-3,6-7,10-11H,4-5,8-9,12,19H2. The molecular formula is C18H19N3O2. The Morgan fingerprint density at radius 2 is 1.83 bits per heavy atom. The summed E-state index contributed by atoms with van der Waals surface area (Å²) >= 11 is 0. The Kier molecular flexibility index (Phi) is 3.63. The molecule has 2 N–H and O–H groups in total. The summed E-state index contributed by atoms with van der Waals surface area (Å²) in [7, 11) is 0. The van der Waals surface area contributed by atoms with Crippen LogP contribution < -0.4 is 15.2 Å². The molecule has 1 aromatic heterocycles. The highest BCUT2D eigenvalue weighted by Gasteiger charge is 2.19. The molecule has 3 aromatic rings. The minimum Gasteiger partial charge on any atom is -0.454 e. The van der Waals surface area contributed by atoms with E-state index in [1.165, 1.54) is 0 Å². The van der Waals surface area contributed by atoms with Crippen LogP contribution in [0.15, 0.2) is 42.5 Å². The van der Waals surface area contributed by atoms with E-state index >= 15 is 0 Å². The van der Waals surface area contributed by atoms with Gasteiger partial charge in [0.15, 0.2) is 11.5 Å². The highest BCUT2D eigenvalue weighted by atomic mass is 16.7. The van der Waals surface area contributed by atoms with Crippen molar-refractivity contribution in [2.45, 2.75) is 19.4 Å². The zero-order chi connectivity index (χ0) is 15.6. The van der Waals surface area contributed by atoms with Gasteiger partial charge in [0.25, 0.3) is 0 Å². The van der Waals surface area contributed by atoms with E-state index in [0.717, 1.165) is 53.3 Å². The van der Waals surface area contributed by atoms with Crippen molar-refractivity contribution in [2.24, 2.45) is 5.73 Å². The summed E-state index contributed by atoms with van der Waals surface area (Å²) in [5.74, 6) is 2.53. The van der Waals surface area contributed by atoms with Crippen molar-refractivity contribution in [3.05, 3.63) is 42.5 Å². The fraction of sp³-hybridized carbons (Fsp3) is 0.278. The molecule has 0 spiro atoms. The fourth-order valence-electron chi connectivity index (χ4n) is 2.96. The molecule has 2 aromatic carbocycles. The lowest BCUT2D eigenvalue weighted by Crippen LogP contribution is -2.04. The first-order valence-electron chi connectivity index (χ1n) is 7.92. The molecule has 0 unspecified atom stereocenters. The Balaban J connectivity index is 1.85. The van der Waals surface area contributed by atoms with E-state index in [1.54, 1.807) is 0 Å². The van der Waals surface area contributed by atoms with Crippen molar-refractivity contribution in [3.63, 3.8) is 0 Å². The summed E-state index contributed by atoms with van der Waals surface area (Å²) in [6, 6.07) is 14.2. The van der Waals surface area contributed by atoms with Crippen LogP contribution in [-0.4, -0.2) is 22.9 Å². The van der Waals surface area contributed by atoms with Crippen molar-refractivity contribution < 1.29 is 9.47 Å². The van der Waals surface area contributed by atoms with Crippen LogP contribution in [0, 0.1) is 0 Å². The molecule has 5 nitrogen and oxygen atoms in total. The van der Waals surface area contributed by atoms with Crippen LogP contribution in [-0.2, 0) is 6.54 Å². The normalized spacial score (nSPS) is 12.9. The average Bonchev–Trinajstić information content (AvgIpc) is 3.18. The van der Waals surface area contributed by atoms with E-state index < -0.39 is 0 Å².